The molecule has 0 spiro atoms. The van der Waals surface area contributed by atoms with Crippen LogP contribution in [0.5, 0.6) is 11.5 Å². The van der Waals surface area contributed by atoms with E-state index in [0.29, 0.717) is 41.3 Å². The second-order valence-corrected chi connectivity index (χ2v) is 9.21. The molecule has 1 amide bonds. The average Bonchev–Trinajstić information content (AvgIpc) is 2.82. The summed E-state index contributed by atoms with van der Waals surface area (Å²) in [4.78, 5) is 35.2. The summed E-state index contributed by atoms with van der Waals surface area (Å²) in [6, 6.07) is 9.48. The maximum absolute atomic E-state index is 13.1. The molecule has 0 radical (unpaired) electrons. The van der Waals surface area contributed by atoms with Gasteiger partial charge in [-0.25, -0.2) is 4.98 Å². The molecule has 8 heteroatoms. The largest absolute Gasteiger partial charge is 0.493 e. The number of hydrogen-bond donors (Lipinski definition) is 2. The summed E-state index contributed by atoms with van der Waals surface area (Å²) in [6.45, 7) is 11.6. The standard InChI is InChI=1S/C27H36N4O4/c1-8-31(15-25(32)30-26-18(16(2)3)10-9-11-19(26)17(4)5)14-24-28-21-13-23(35-7)22(34-6)12-20(21)27(33)29-24/h9-13,16-17H,8,14-15H2,1-7H3,(H,30,32)(H,28,29,33). The number of hydrogen-bond acceptors (Lipinski definition) is 6. The summed E-state index contributed by atoms with van der Waals surface area (Å²) < 4.78 is 10.6. The van der Waals surface area contributed by atoms with Gasteiger partial charge in [-0.15, -0.1) is 0 Å². The number of amides is 1. The van der Waals surface area contributed by atoms with Gasteiger partial charge in [-0.1, -0.05) is 52.8 Å². The third kappa shape index (κ3) is 6.00. The van der Waals surface area contributed by atoms with Crippen molar-refractivity contribution in [1.82, 2.24) is 14.9 Å². The molecule has 0 saturated heterocycles. The van der Waals surface area contributed by atoms with Crippen molar-refractivity contribution in [3.63, 3.8) is 0 Å². The number of carbonyl (C=O) groups is 1. The molecule has 0 atom stereocenters. The van der Waals surface area contributed by atoms with Crippen LogP contribution in [0.2, 0.25) is 0 Å². The number of H-pyrrole nitrogens is 1. The fourth-order valence-corrected chi connectivity index (χ4v) is 4.16. The van der Waals surface area contributed by atoms with Crippen LogP contribution in [0.3, 0.4) is 0 Å². The van der Waals surface area contributed by atoms with Crippen molar-refractivity contribution in [2.75, 3.05) is 32.6 Å². The normalized spacial score (nSPS) is 11.5. The van der Waals surface area contributed by atoms with E-state index in [1.807, 2.05) is 17.9 Å². The fraction of sp³-hybridized carbons (Fsp3) is 0.444. The summed E-state index contributed by atoms with van der Waals surface area (Å²) in [6.07, 6.45) is 0. The molecule has 1 aromatic heterocycles. The third-order valence-corrected chi connectivity index (χ3v) is 6.08. The van der Waals surface area contributed by atoms with Crippen molar-refractivity contribution >= 4 is 22.5 Å². The first-order valence-electron chi connectivity index (χ1n) is 12.0. The number of methoxy groups -OCH3 is 2. The Hall–Kier alpha value is -3.39. The lowest BCUT2D eigenvalue weighted by molar-refractivity contribution is -0.117. The SMILES string of the molecule is CCN(CC(=O)Nc1c(C(C)C)cccc1C(C)C)Cc1nc2cc(OC)c(OC)cc2c(=O)[nH]1. The minimum absolute atomic E-state index is 0.101. The summed E-state index contributed by atoms with van der Waals surface area (Å²) >= 11 is 0. The van der Waals surface area contributed by atoms with E-state index >= 15 is 0 Å². The zero-order valence-corrected chi connectivity index (χ0v) is 21.7. The van der Waals surface area contributed by atoms with Crippen LogP contribution in [-0.2, 0) is 11.3 Å². The van der Waals surface area contributed by atoms with Crippen LogP contribution >= 0.6 is 0 Å². The second-order valence-electron chi connectivity index (χ2n) is 9.21. The van der Waals surface area contributed by atoms with Crippen molar-refractivity contribution in [3.05, 3.63) is 57.6 Å². The highest BCUT2D eigenvalue weighted by atomic mass is 16.5. The molecule has 2 N–H and O–H groups in total. The van der Waals surface area contributed by atoms with Gasteiger partial charge in [0.25, 0.3) is 5.56 Å². The lowest BCUT2D eigenvalue weighted by Gasteiger charge is -2.23. The number of ether oxygens (including phenoxy) is 2. The van der Waals surface area contributed by atoms with E-state index in [0.717, 1.165) is 16.8 Å². The quantitative estimate of drug-likeness (QED) is 0.439. The Bertz CT molecular complexity index is 1220. The monoisotopic (exact) mass is 480 g/mol. The van der Waals surface area contributed by atoms with E-state index in [2.05, 4.69) is 55.1 Å². The molecule has 1 heterocycles. The van der Waals surface area contributed by atoms with Crippen LogP contribution in [0.1, 0.15) is 63.4 Å². The molecule has 8 nitrogen and oxygen atoms in total. The number of para-hydroxylation sites is 1. The minimum Gasteiger partial charge on any atom is -0.493 e. The molecule has 35 heavy (non-hydrogen) atoms. The van der Waals surface area contributed by atoms with E-state index in [-0.39, 0.29) is 29.8 Å². The maximum Gasteiger partial charge on any atom is 0.258 e. The first-order chi connectivity index (χ1) is 16.7. The summed E-state index contributed by atoms with van der Waals surface area (Å²) in [5.74, 6) is 1.92. The van der Waals surface area contributed by atoms with Crippen LogP contribution in [0.15, 0.2) is 35.1 Å². The highest BCUT2D eigenvalue weighted by Gasteiger charge is 2.18. The molecule has 0 saturated carbocycles. The fourth-order valence-electron chi connectivity index (χ4n) is 4.16. The Kier molecular flexibility index (Phi) is 8.51. The van der Waals surface area contributed by atoms with E-state index in [1.165, 1.54) is 14.2 Å². The lowest BCUT2D eigenvalue weighted by Crippen LogP contribution is -2.34. The van der Waals surface area contributed by atoms with E-state index in [1.54, 1.807) is 12.1 Å². The molecular formula is C27H36N4O4. The highest BCUT2D eigenvalue weighted by molar-refractivity contribution is 5.94. The van der Waals surface area contributed by atoms with Crippen molar-refractivity contribution < 1.29 is 14.3 Å². The zero-order chi connectivity index (χ0) is 25.7. The number of benzene rings is 2. The van der Waals surface area contributed by atoms with Crippen molar-refractivity contribution in [2.45, 2.75) is 53.0 Å². The van der Waals surface area contributed by atoms with Gasteiger partial charge >= 0.3 is 0 Å². The Labute approximate surface area is 206 Å². The molecule has 0 bridgehead atoms. The molecule has 0 fully saturated rings. The van der Waals surface area contributed by atoms with Gasteiger partial charge in [0.2, 0.25) is 5.91 Å². The van der Waals surface area contributed by atoms with Gasteiger partial charge in [-0.3, -0.25) is 14.5 Å². The Morgan fingerprint density at radius 3 is 2.20 bits per heavy atom. The number of nitrogens with zero attached hydrogens (tertiary/aromatic N) is 2. The molecular weight excluding hydrogens is 444 g/mol. The number of likely N-dealkylation sites (N-methyl/N-ethyl adjacent to an activating group) is 1. The predicted octanol–water partition coefficient (Wildman–Crippen LogP) is 4.65. The van der Waals surface area contributed by atoms with Crippen molar-refractivity contribution in [3.8, 4) is 11.5 Å². The number of aromatic amines is 1. The van der Waals surface area contributed by atoms with Crippen LogP contribution in [0.4, 0.5) is 5.69 Å². The topological polar surface area (TPSA) is 96.6 Å². The molecule has 188 valence electrons. The second kappa shape index (κ2) is 11.4. The van der Waals surface area contributed by atoms with E-state index < -0.39 is 0 Å². The van der Waals surface area contributed by atoms with Crippen LogP contribution in [-0.4, -0.2) is 48.1 Å². The zero-order valence-electron chi connectivity index (χ0n) is 21.7. The maximum atomic E-state index is 13.1. The lowest BCUT2D eigenvalue weighted by atomic mass is 9.92. The number of rotatable bonds is 10. The summed E-state index contributed by atoms with van der Waals surface area (Å²) in [7, 11) is 3.06. The number of fused-ring (bicyclic) bond motifs is 1. The van der Waals surface area contributed by atoms with Crippen LogP contribution in [0.25, 0.3) is 10.9 Å². The first-order valence-corrected chi connectivity index (χ1v) is 12.0. The first kappa shape index (κ1) is 26.2. The van der Waals surface area contributed by atoms with Crippen molar-refractivity contribution in [2.24, 2.45) is 0 Å². The van der Waals surface area contributed by atoms with Gasteiger partial charge in [0.1, 0.15) is 5.82 Å². The molecule has 3 aromatic rings. The summed E-state index contributed by atoms with van der Waals surface area (Å²) in [5.41, 5.74) is 3.39. The molecule has 0 aliphatic rings. The highest BCUT2D eigenvalue weighted by Crippen LogP contribution is 2.32. The van der Waals surface area contributed by atoms with Gasteiger partial charge in [-0.05, 0) is 35.6 Å². The number of nitrogens with one attached hydrogen (secondary N) is 2. The smallest absolute Gasteiger partial charge is 0.258 e. The molecule has 3 rings (SSSR count). The van der Waals surface area contributed by atoms with Gasteiger partial charge in [-0.2, -0.15) is 0 Å². The molecule has 0 aliphatic heterocycles. The minimum atomic E-state index is -0.265. The Balaban J connectivity index is 1.82. The Morgan fingerprint density at radius 2 is 1.66 bits per heavy atom. The third-order valence-electron chi connectivity index (χ3n) is 6.08. The number of aromatic nitrogens is 2. The van der Waals surface area contributed by atoms with Crippen LogP contribution in [0, 0.1) is 0 Å². The molecule has 0 unspecified atom stereocenters. The van der Waals surface area contributed by atoms with E-state index in [4.69, 9.17) is 9.47 Å². The van der Waals surface area contributed by atoms with Gasteiger partial charge in [0, 0.05) is 11.8 Å². The van der Waals surface area contributed by atoms with E-state index in [9.17, 15) is 9.59 Å². The van der Waals surface area contributed by atoms with Crippen molar-refractivity contribution in [1.29, 1.82) is 0 Å². The number of carbonyl (C=O) groups excluding carboxylic acids is 1. The van der Waals surface area contributed by atoms with Gasteiger partial charge in [0.05, 0.1) is 38.2 Å². The number of anilines is 1. The average molecular weight is 481 g/mol. The predicted molar refractivity (Wildman–Crippen MR) is 140 cm³/mol. The van der Waals surface area contributed by atoms with Gasteiger partial charge < -0.3 is 19.8 Å². The van der Waals surface area contributed by atoms with Crippen LogP contribution < -0.4 is 20.3 Å². The molecule has 0 aliphatic carbocycles. The summed E-state index contributed by atoms with van der Waals surface area (Å²) in [5, 5.41) is 3.57. The molecule has 2 aromatic carbocycles. The van der Waals surface area contributed by atoms with Gasteiger partial charge in [0.15, 0.2) is 11.5 Å². The Morgan fingerprint density at radius 1 is 1.06 bits per heavy atom.